The zero-order chi connectivity index (χ0) is 13.3. The van der Waals surface area contributed by atoms with Gasteiger partial charge in [-0.3, -0.25) is 4.79 Å². The van der Waals surface area contributed by atoms with E-state index in [4.69, 9.17) is 26.0 Å². The van der Waals surface area contributed by atoms with Crippen molar-refractivity contribution < 1.29 is 19.4 Å². The van der Waals surface area contributed by atoms with E-state index in [1.54, 1.807) is 6.92 Å². The van der Waals surface area contributed by atoms with Gasteiger partial charge in [-0.2, -0.15) is 0 Å². The number of nitrogens with one attached hydrogen (secondary N) is 1. The fourth-order valence-electron chi connectivity index (χ4n) is 1.53. The Labute approximate surface area is 108 Å². The number of nitrogens with two attached hydrogens (primary N) is 2. The molecule has 1 amide bonds. The van der Waals surface area contributed by atoms with Crippen LogP contribution in [0.25, 0.3) is 0 Å². The monoisotopic (exact) mass is 273 g/mol. The molecular formula is C10H15N3O4S. The van der Waals surface area contributed by atoms with Crippen molar-refractivity contribution in [2.24, 2.45) is 0 Å². The van der Waals surface area contributed by atoms with Gasteiger partial charge in [0, 0.05) is 6.04 Å². The Bertz CT molecular complexity index is 462. The summed E-state index contributed by atoms with van der Waals surface area (Å²) in [5, 5.41) is 12.3. The van der Waals surface area contributed by atoms with Crippen LogP contribution in [0.15, 0.2) is 0 Å². The summed E-state index contributed by atoms with van der Waals surface area (Å²) in [5.74, 6) is 0.365. The third-order valence-corrected chi connectivity index (χ3v) is 3.28. The third-order valence-electron chi connectivity index (χ3n) is 2.47. The lowest BCUT2D eigenvalue weighted by atomic mass is 10.2. The number of hydrogen-bond acceptors (Lipinski definition) is 7. The van der Waals surface area contributed by atoms with Crippen LogP contribution in [-0.2, 0) is 4.79 Å². The van der Waals surface area contributed by atoms with Crippen molar-refractivity contribution >= 4 is 27.2 Å². The molecule has 0 spiro atoms. The quantitative estimate of drug-likeness (QED) is 0.592. The number of nitrogen functional groups attached to an aromatic ring is 2. The van der Waals surface area contributed by atoms with Crippen molar-refractivity contribution in [3.63, 3.8) is 0 Å². The molecule has 1 aromatic heterocycles. The van der Waals surface area contributed by atoms with Crippen molar-refractivity contribution in [3.8, 4) is 11.5 Å². The number of carbonyl (C=O) groups is 1. The summed E-state index contributed by atoms with van der Waals surface area (Å²) >= 11 is 1.15. The highest BCUT2D eigenvalue weighted by atomic mass is 32.1. The van der Waals surface area contributed by atoms with Crippen LogP contribution >= 0.6 is 11.3 Å². The average molecular weight is 273 g/mol. The second-order valence-electron chi connectivity index (χ2n) is 4.00. The van der Waals surface area contributed by atoms with E-state index in [9.17, 15) is 4.79 Å². The van der Waals surface area contributed by atoms with E-state index in [1.165, 1.54) is 0 Å². The van der Waals surface area contributed by atoms with Crippen molar-refractivity contribution in [1.29, 1.82) is 0 Å². The molecule has 2 unspecified atom stereocenters. The maximum Gasteiger partial charge on any atom is 0.264 e. The first-order chi connectivity index (χ1) is 8.52. The molecule has 0 saturated heterocycles. The first kappa shape index (κ1) is 12.8. The Morgan fingerprint density at radius 1 is 1.56 bits per heavy atom. The van der Waals surface area contributed by atoms with Crippen LogP contribution in [0.1, 0.15) is 6.92 Å². The fourth-order valence-corrected chi connectivity index (χ4v) is 2.24. The maximum absolute atomic E-state index is 11.8. The van der Waals surface area contributed by atoms with Gasteiger partial charge in [0.25, 0.3) is 5.91 Å². The van der Waals surface area contributed by atoms with E-state index >= 15 is 0 Å². The molecule has 0 aliphatic carbocycles. The van der Waals surface area contributed by atoms with Gasteiger partial charge in [0.1, 0.15) is 16.6 Å². The summed E-state index contributed by atoms with van der Waals surface area (Å²) in [5.41, 5.74) is 11.4. The van der Waals surface area contributed by atoms with Crippen LogP contribution < -0.4 is 26.3 Å². The predicted octanol–water partition coefficient (Wildman–Crippen LogP) is -0.451. The molecule has 0 fully saturated rings. The number of aliphatic hydroxyl groups is 1. The normalized spacial score (nSPS) is 19.3. The van der Waals surface area contributed by atoms with E-state index in [1.807, 2.05) is 0 Å². The number of aliphatic hydroxyl groups excluding tert-OH is 1. The minimum atomic E-state index is -0.789. The number of hydrogen-bond donors (Lipinski definition) is 4. The Kier molecular flexibility index (Phi) is 3.48. The molecule has 8 heteroatoms. The zero-order valence-electron chi connectivity index (χ0n) is 9.80. The summed E-state index contributed by atoms with van der Waals surface area (Å²) in [6.07, 6.45) is -0.789. The van der Waals surface area contributed by atoms with Gasteiger partial charge < -0.3 is 31.4 Å². The van der Waals surface area contributed by atoms with Crippen LogP contribution in [0.2, 0.25) is 0 Å². The first-order valence-corrected chi connectivity index (χ1v) is 6.23. The number of ether oxygens (including phenoxy) is 2. The molecule has 0 radical (unpaired) electrons. The van der Waals surface area contributed by atoms with E-state index in [0.29, 0.717) is 21.5 Å². The minimum absolute atomic E-state index is 0.0668. The zero-order valence-corrected chi connectivity index (χ0v) is 10.6. The Morgan fingerprint density at radius 3 is 2.89 bits per heavy atom. The van der Waals surface area contributed by atoms with Crippen molar-refractivity contribution in [2.45, 2.75) is 19.1 Å². The van der Waals surface area contributed by atoms with E-state index in [2.05, 4.69) is 5.32 Å². The summed E-state index contributed by atoms with van der Waals surface area (Å²) in [7, 11) is 0. The molecule has 1 aliphatic rings. The molecule has 1 aromatic rings. The number of carbonyl (C=O) groups excluding carboxylic acids is 1. The topological polar surface area (TPSA) is 120 Å². The average Bonchev–Trinajstić information content (AvgIpc) is 2.64. The molecule has 7 nitrogen and oxygen atoms in total. The van der Waals surface area contributed by atoms with Gasteiger partial charge in [-0.1, -0.05) is 11.3 Å². The van der Waals surface area contributed by atoms with Gasteiger partial charge in [0.05, 0.1) is 6.61 Å². The van der Waals surface area contributed by atoms with Crippen molar-refractivity contribution in [2.75, 3.05) is 24.7 Å². The Balaban J connectivity index is 2.07. The molecule has 2 rings (SSSR count). The molecular weight excluding hydrogens is 258 g/mol. The SMILES string of the molecule is CC(CO)NC(=O)C1COc2c(N)sc(N)c2O1. The van der Waals surface area contributed by atoms with Crippen LogP contribution in [0.3, 0.4) is 0 Å². The summed E-state index contributed by atoms with van der Waals surface area (Å²) in [6, 6.07) is -0.340. The summed E-state index contributed by atoms with van der Waals surface area (Å²) < 4.78 is 10.9. The van der Waals surface area contributed by atoms with Crippen LogP contribution in [0.4, 0.5) is 10.0 Å². The van der Waals surface area contributed by atoms with Crippen LogP contribution in [0.5, 0.6) is 11.5 Å². The number of amides is 1. The van der Waals surface area contributed by atoms with Gasteiger partial charge >= 0.3 is 0 Å². The molecule has 100 valence electrons. The number of rotatable bonds is 3. The number of thiophene rings is 1. The number of fused-ring (bicyclic) bond motifs is 1. The molecule has 0 bridgehead atoms. The largest absolute Gasteiger partial charge is 0.482 e. The van der Waals surface area contributed by atoms with Gasteiger partial charge in [0.2, 0.25) is 6.10 Å². The molecule has 0 saturated carbocycles. The standard InChI is InChI=1S/C10H15N3O4S/c1-4(2-14)13-10(15)5-3-16-6-7(17-5)9(12)18-8(6)11/h4-5,14H,2-3,11-12H2,1H3,(H,13,15). The predicted molar refractivity (Wildman–Crippen MR) is 67.7 cm³/mol. The van der Waals surface area contributed by atoms with Gasteiger partial charge in [0.15, 0.2) is 11.5 Å². The van der Waals surface area contributed by atoms with E-state index in [-0.39, 0.29) is 25.2 Å². The minimum Gasteiger partial charge on any atom is -0.482 e. The molecule has 1 aliphatic heterocycles. The Hall–Kier alpha value is -1.67. The second kappa shape index (κ2) is 4.91. The van der Waals surface area contributed by atoms with E-state index < -0.39 is 6.10 Å². The molecule has 18 heavy (non-hydrogen) atoms. The van der Waals surface area contributed by atoms with Crippen LogP contribution in [-0.4, -0.2) is 36.4 Å². The fraction of sp³-hybridized carbons (Fsp3) is 0.500. The summed E-state index contributed by atoms with van der Waals surface area (Å²) in [4.78, 5) is 11.8. The first-order valence-electron chi connectivity index (χ1n) is 5.41. The van der Waals surface area contributed by atoms with Crippen LogP contribution in [0, 0.1) is 0 Å². The molecule has 0 aromatic carbocycles. The number of anilines is 2. The lowest BCUT2D eigenvalue weighted by Gasteiger charge is -2.25. The van der Waals surface area contributed by atoms with Gasteiger partial charge in [-0.05, 0) is 6.92 Å². The molecule has 2 heterocycles. The smallest absolute Gasteiger partial charge is 0.264 e. The second-order valence-corrected chi connectivity index (χ2v) is 5.08. The maximum atomic E-state index is 11.8. The van der Waals surface area contributed by atoms with Gasteiger partial charge in [-0.25, -0.2) is 0 Å². The molecule has 6 N–H and O–H groups in total. The van der Waals surface area contributed by atoms with Crippen molar-refractivity contribution in [1.82, 2.24) is 5.32 Å². The Morgan fingerprint density at radius 2 is 2.22 bits per heavy atom. The lowest BCUT2D eigenvalue weighted by molar-refractivity contribution is -0.131. The third kappa shape index (κ3) is 2.29. The molecule has 2 atom stereocenters. The highest BCUT2D eigenvalue weighted by Crippen LogP contribution is 2.48. The summed E-state index contributed by atoms with van der Waals surface area (Å²) in [6.45, 7) is 1.61. The lowest BCUT2D eigenvalue weighted by Crippen LogP contribution is -2.47. The highest BCUT2D eigenvalue weighted by Gasteiger charge is 2.32. The van der Waals surface area contributed by atoms with E-state index in [0.717, 1.165) is 11.3 Å². The van der Waals surface area contributed by atoms with Crippen molar-refractivity contribution in [3.05, 3.63) is 0 Å². The highest BCUT2D eigenvalue weighted by molar-refractivity contribution is 7.20. The van der Waals surface area contributed by atoms with Gasteiger partial charge in [-0.15, -0.1) is 0 Å².